The van der Waals surface area contributed by atoms with E-state index in [1.165, 1.54) is 12.1 Å². The van der Waals surface area contributed by atoms with E-state index in [4.69, 9.17) is 33.3 Å². The van der Waals surface area contributed by atoms with E-state index in [1.54, 1.807) is 30.3 Å². The maximum atomic E-state index is 13.6. The highest BCUT2D eigenvalue weighted by Gasteiger charge is 2.35. The van der Waals surface area contributed by atoms with Crippen molar-refractivity contribution in [3.8, 4) is 6.07 Å². The van der Waals surface area contributed by atoms with E-state index in [-0.39, 0.29) is 28.2 Å². The highest BCUT2D eigenvalue weighted by Crippen LogP contribution is 2.36. The van der Waals surface area contributed by atoms with E-state index in [9.17, 15) is 13.2 Å². The number of nitriles is 1. The second-order valence-corrected chi connectivity index (χ2v) is 7.63. The number of alkyl halides is 3. The monoisotopic (exact) mass is 443 g/mol. The number of likely N-dealkylation sites (N-methyl/N-ethyl adjacent to an activating group) is 1. The van der Waals surface area contributed by atoms with Crippen LogP contribution in [0.25, 0.3) is 0 Å². The van der Waals surface area contributed by atoms with Gasteiger partial charge in [-0.15, -0.1) is 0 Å². The first-order chi connectivity index (χ1) is 13.7. The van der Waals surface area contributed by atoms with Gasteiger partial charge in [0.25, 0.3) is 0 Å². The Hall–Kier alpha value is -1.98. The average Bonchev–Trinajstić information content (AvgIpc) is 2.65. The third-order valence-electron chi connectivity index (χ3n) is 4.79. The summed E-state index contributed by atoms with van der Waals surface area (Å²) in [6.45, 7) is 0.930. The molecule has 2 aromatic carbocycles. The van der Waals surface area contributed by atoms with Gasteiger partial charge in [-0.2, -0.15) is 23.5 Å². The first kappa shape index (κ1) is 21.7. The van der Waals surface area contributed by atoms with Gasteiger partial charge in [0.15, 0.2) is 0 Å². The zero-order chi connectivity index (χ0) is 21.2. The molecule has 9 heteroatoms. The molecule has 1 saturated heterocycles. The number of hydroxylamine groups is 2. The Bertz CT molecular complexity index is 930. The summed E-state index contributed by atoms with van der Waals surface area (Å²) in [6.07, 6.45) is -3.87. The quantitative estimate of drug-likeness (QED) is 0.622. The summed E-state index contributed by atoms with van der Waals surface area (Å²) >= 11 is 12.2. The van der Waals surface area contributed by atoms with Crippen LogP contribution in [-0.4, -0.2) is 31.3 Å². The van der Waals surface area contributed by atoms with Crippen LogP contribution in [0.5, 0.6) is 0 Å². The minimum Gasteiger partial charge on any atom is -0.363 e. The van der Waals surface area contributed by atoms with Gasteiger partial charge in [0, 0.05) is 36.9 Å². The van der Waals surface area contributed by atoms with E-state index >= 15 is 0 Å². The van der Waals surface area contributed by atoms with Crippen LogP contribution >= 0.6 is 23.2 Å². The summed E-state index contributed by atoms with van der Waals surface area (Å²) < 4.78 is 40.7. The number of hydrogen-bond donors (Lipinski definition) is 0. The Labute approximate surface area is 176 Å². The molecule has 0 saturated carbocycles. The Morgan fingerprint density at radius 3 is 2.62 bits per heavy atom. The second-order valence-electron chi connectivity index (χ2n) is 6.79. The molecule has 4 nitrogen and oxygen atoms in total. The number of nitrogens with zero attached hydrogens (tertiary/aromatic N) is 3. The average molecular weight is 444 g/mol. The lowest BCUT2D eigenvalue weighted by molar-refractivity contribution is -0.167. The summed E-state index contributed by atoms with van der Waals surface area (Å²) in [4.78, 5) is 7.29. The lowest BCUT2D eigenvalue weighted by atomic mass is 10.0. The van der Waals surface area contributed by atoms with Gasteiger partial charge in [-0.1, -0.05) is 23.2 Å². The third-order valence-corrected chi connectivity index (χ3v) is 5.34. The van der Waals surface area contributed by atoms with Crippen molar-refractivity contribution in [2.24, 2.45) is 0 Å². The molecule has 0 amide bonds. The molecule has 154 valence electrons. The lowest BCUT2D eigenvalue weighted by Gasteiger charge is -2.39. The fourth-order valence-electron chi connectivity index (χ4n) is 3.40. The number of rotatable bonds is 4. The molecular weight excluding hydrogens is 426 g/mol. The van der Waals surface area contributed by atoms with Crippen molar-refractivity contribution >= 4 is 28.9 Å². The zero-order valence-corrected chi connectivity index (χ0v) is 17.0. The standard InChI is InChI=1S/C20H18Cl2F3N3O/c1-27-12-17(6-7-29-27)28(16-4-2-13(10-26)19(22)9-16)11-14-8-15(21)3-5-18(14)20(23,24)25/h2-5,8-9,17H,6-7,11-12H2,1H3/t17-/m0/s1. The van der Waals surface area contributed by atoms with E-state index < -0.39 is 11.7 Å². The molecule has 1 atom stereocenters. The maximum Gasteiger partial charge on any atom is 0.416 e. The predicted molar refractivity (Wildman–Crippen MR) is 106 cm³/mol. The molecule has 0 radical (unpaired) electrons. The van der Waals surface area contributed by atoms with Gasteiger partial charge in [-0.05, 0) is 48.4 Å². The summed E-state index contributed by atoms with van der Waals surface area (Å²) in [5.74, 6) is 0. The van der Waals surface area contributed by atoms with E-state index in [0.29, 0.717) is 30.8 Å². The molecule has 1 heterocycles. The molecule has 0 unspecified atom stereocenters. The molecule has 0 N–H and O–H groups in total. The van der Waals surface area contributed by atoms with Crippen LogP contribution in [-0.2, 0) is 17.6 Å². The second kappa shape index (κ2) is 8.80. The molecule has 1 aliphatic heterocycles. The van der Waals surface area contributed by atoms with Gasteiger partial charge in [-0.3, -0.25) is 4.84 Å². The number of halogens is 5. The summed E-state index contributed by atoms with van der Waals surface area (Å²) in [5, 5.41) is 11.3. The van der Waals surface area contributed by atoms with Crippen molar-refractivity contribution in [2.75, 3.05) is 25.1 Å². The van der Waals surface area contributed by atoms with Crippen LogP contribution in [0.2, 0.25) is 10.0 Å². The smallest absolute Gasteiger partial charge is 0.363 e. The normalized spacial score (nSPS) is 17.8. The minimum absolute atomic E-state index is 0.0177. The van der Waals surface area contributed by atoms with Crippen LogP contribution in [0.3, 0.4) is 0 Å². The fourth-order valence-corrected chi connectivity index (χ4v) is 3.81. The molecular formula is C20H18Cl2F3N3O. The lowest BCUT2D eigenvalue weighted by Crippen LogP contribution is -2.47. The highest BCUT2D eigenvalue weighted by atomic mass is 35.5. The van der Waals surface area contributed by atoms with Crippen molar-refractivity contribution in [1.82, 2.24) is 5.06 Å². The third kappa shape index (κ3) is 5.14. The molecule has 1 aliphatic rings. The van der Waals surface area contributed by atoms with Gasteiger partial charge >= 0.3 is 6.18 Å². The zero-order valence-electron chi connectivity index (χ0n) is 15.5. The van der Waals surface area contributed by atoms with Crippen LogP contribution < -0.4 is 4.90 Å². The molecule has 0 bridgehead atoms. The first-order valence-electron chi connectivity index (χ1n) is 8.85. The van der Waals surface area contributed by atoms with Gasteiger partial charge in [0.1, 0.15) is 6.07 Å². The SMILES string of the molecule is CN1C[C@@H](N(Cc2cc(Cl)ccc2C(F)(F)F)c2ccc(C#N)c(Cl)c2)CCO1. The van der Waals surface area contributed by atoms with Crippen molar-refractivity contribution in [1.29, 1.82) is 5.26 Å². The van der Waals surface area contributed by atoms with Crippen LogP contribution in [0.15, 0.2) is 36.4 Å². The molecule has 3 rings (SSSR count). The van der Waals surface area contributed by atoms with Gasteiger partial charge < -0.3 is 4.90 Å². The number of benzene rings is 2. The first-order valence-corrected chi connectivity index (χ1v) is 9.60. The summed E-state index contributed by atoms with van der Waals surface area (Å²) in [6, 6.07) is 10.3. The maximum absolute atomic E-state index is 13.6. The fraction of sp³-hybridized carbons (Fsp3) is 0.350. The van der Waals surface area contributed by atoms with Gasteiger partial charge in [0.2, 0.25) is 0 Å². The Morgan fingerprint density at radius 2 is 2.00 bits per heavy atom. The molecule has 2 aromatic rings. The largest absolute Gasteiger partial charge is 0.416 e. The van der Waals surface area contributed by atoms with Crippen molar-refractivity contribution < 1.29 is 18.0 Å². The summed E-state index contributed by atoms with van der Waals surface area (Å²) in [5.41, 5.74) is 0.271. The predicted octanol–water partition coefficient (Wildman–Crippen LogP) is 5.53. The highest BCUT2D eigenvalue weighted by molar-refractivity contribution is 6.32. The number of anilines is 1. The molecule has 1 fully saturated rings. The Morgan fingerprint density at radius 1 is 1.24 bits per heavy atom. The van der Waals surface area contributed by atoms with E-state index in [1.807, 2.05) is 11.0 Å². The summed E-state index contributed by atoms with van der Waals surface area (Å²) in [7, 11) is 1.77. The van der Waals surface area contributed by atoms with Crippen LogP contribution in [0, 0.1) is 11.3 Å². The Kier molecular flexibility index (Phi) is 6.59. The number of hydrogen-bond acceptors (Lipinski definition) is 4. The van der Waals surface area contributed by atoms with Crippen LogP contribution in [0.1, 0.15) is 23.1 Å². The molecule has 0 aliphatic carbocycles. The van der Waals surface area contributed by atoms with E-state index in [0.717, 1.165) is 6.07 Å². The Balaban J connectivity index is 2.04. The van der Waals surface area contributed by atoms with Crippen molar-refractivity contribution in [2.45, 2.75) is 25.2 Å². The van der Waals surface area contributed by atoms with Gasteiger partial charge in [0.05, 0.1) is 22.8 Å². The van der Waals surface area contributed by atoms with Gasteiger partial charge in [-0.25, -0.2) is 0 Å². The van der Waals surface area contributed by atoms with Crippen molar-refractivity contribution in [3.05, 3.63) is 63.1 Å². The molecule has 29 heavy (non-hydrogen) atoms. The minimum atomic E-state index is -4.50. The van der Waals surface area contributed by atoms with E-state index in [2.05, 4.69) is 0 Å². The molecule has 0 spiro atoms. The van der Waals surface area contributed by atoms with Crippen molar-refractivity contribution in [3.63, 3.8) is 0 Å². The topological polar surface area (TPSA) is 39.5 Å². The molecule has 0 aromatic heterocycles. The van der Waals surface area contributed by atoms with Crippen LogP contribution in [0.4, 0.5) is 18.9 Å².